The van der Waals surface area contributed by atoms with E-state index >= 15 is 0 Å². The maximum atomic E-state index is 12.1. The van der Waals surface area contributed by atoms with Gasteiger partial charge in [0.25, 0.3) is 11.5 Å². The fourth-order valence-corrected chi connectivity index (χ4v) is 2.18. The van der Waals surface area contributed by atoms with Crippen molar-refractivity contribution in [2.24, 2.45) is 5.84 Å². The summed E-state index contributed by atoms with van der Waals surface area (Å²) in [5.74, 6) is 5.25. The van der Waals surface area contributed by atoms with Crippen molar-refractivity contribution in [3.05, 3.63) is 45.7 Å². The molecule has 0 aliphatic carbocycles. The average molecular weight is 302 g/mol. The van der Waals surface area contributed by atoms with Crippen LogP contribution in [0.3, 0.4) is 0 Å². The first-order chi connectivity index (χ1) is 10.5. The molecule has 0 saturated carbocycles. The summed E-state index contributed by atoms with van der Waals surface area (Å²) in [4.78, 5) is 23.9. The van der Waals surface area contributed by atoms with Gasteiger partial charge >= 0.3 is 0 Å². The van der Waals surface area contributed by atoms with Gasteiger partial charge in [-0.15, -0.1) is 0 Å². The topological polar surface area (TPSA) is 99.2 Å². The van der Waals surface area contributed by atoms with Gasteiger partial charge in [-0.05, 0) is 43.7 Å². The van der Waals surface area contributed by atoms with E-state index in [1.165, 1.54) is 10.7 Å². The molecule has 1 aromatic carbocycles. The minimum absolute atomic E-state index is 0.0391. The summed E-state index contributed by atoms with van der Waals surface area (Å²) in [6.07, 6.45) is 0. The molecule has 116 valence electrons. The number of rotatable bonds is 4. The number of carbonyl (C=O) groups is 1. The van der Waals surface area contributed by atoms with Gasteiger partial charge in [-0.3, -0.25) is 15.0 Å². The molecule has 7 nitrogen and oxygen atoms in total. The maximum absolute atomic E-state index is 12.1. The van der Waals surface area contributed by atoms with E-state index < -0.39 is 11.5 Å². The van der Waals surface area contributed by atoms with Crippen molar-refractivity contribution in [2.75, 3.05) is 7.11 Å². The zero-order chi connectivity index (χ0) is 16.3. The molecule has 1 amide bonds. The third-order valence-electron chi connectivity index (χ3n) is 3.34. The van der Waals surface area contributed by atoms with Gasteiger partial charge in [0.2, 0.25) is 0 Å². The van der Waals surface area contributed by atoms with Crippen LogP contribution in [-0.4, -0.2) is 22.8 Å². The molecule has 0 radical (unpaired) electrons. The Balaban J connectivity index is 2.63. The van der Waals surface area contributed by atoms with E-state index in [2.05, 4.69) is 5.10 Å². The number of aromatic nitrogens is 2. The van der Waals surface area contributed by atoms with Crippen LogP contribution in [0, 0.1) is 6.92 Å². The first-order valence-electron chi connectivity index (χ1n) is 6.80. The van der Waals surface area contributed by atoms with E-state index in [0.717, 1.165) is 16.9 Å². The van der Waals surface area contributed by atoms with Crippen LogP contribution in [0.25, 0.3) is 11.3 Å². The molecule has 1 aromatic heterocycles. The van der Waals surface area contributed by atoms with Gasteiger partial charge in [0, 0.05) is 12.1 Å². The Labute approximate surface area is 127 Å². The Morgan fingerprint density at radius 2 is 2.14 bits per heavy atom. The molecule has 7 heteroatoms. The second-order valence-corrected chi connectivity index (χ2v) is 4.72. The lowest BCUT2D eigenvalue weighted by Crippen LogP contribution is -2.37. The normalized spacial score (nSPS) is 10.4. The lowest BCUT2D eigenvalue weighted by Gasteiger charge is -2.10. The Hall–Kier alpha value is -2.67. The molecule has 0 unspecified atom stereocenters. The molecular formula is C15H18N4O3. The molecule has 0 saturated heterocycles. The standard InChI is InChI=1S/C15H18N4O3/c1-4-19-15(21)11(14(20)17-16)8-12(18-19)10-5-6-13(22-3)9(2)7-10/h5-8H,4,16H2,1-3H3,(H,17,20). The molecule has 1 heterocycles. The quantitative estimate of drug-likeness (QED) is 0.495. The van der Waals surface area contributed by atoms with Gasteiger partial charge in [0.15, 0.2) is 0 Å². The van der Waals surface area contributed by atoms with E-state index in [1.807, 2.05) is 30.5 Å². The zero-order valence-electron chi connectivity index (χ0n) is 12.7. The van der Waals surface area contributed by atoms with Gasteiger partial charge < -0.3 is 4.74 Å². The van der Waals surface area contributed by atoms with E-state index in [0.29, 0.717) is 12.2 Å². The predicted molar refractivity (Wildman–Crippen MR) is 82.5 cm³/mol. The van der Waals surface area contributed by atoms with Gasteiger partial charge in [-0.1, -0.05) is 0 Å². The lowest BCUT2D eigenvalue weighted by molar-refractivity contribution is 0.0951. The number of nitrogen functional groups attached to an aromatic ring is 1. The number of ether oxygens (including phenoxy) is 1. The Kier molecular flexibility index (Phi) is 4.57. The molecule has 0 aliphatic rings. The number of carbonyl (C=O) groups excluding carboxylic acids is 1. The van der Waals surface area contributed by atoms with Crippen molar-refractivity contribution in [2.45, 2.75) is 20.4 Å². The fraction of sp³-hybridized carbons (Fsp3) is 0.267. The van der Waals surface area contributed by atoms with E-state index in [1.54, 1.807) is 14.0 Å². The minimum atomic E-state index is -0.638. The Morgan fingerprint density at radius 1 is 1.41 bits per heavy atom. The highest BCUT2D eigenvalue weighted by Crippen LogP contribution is 2.24. The average Bonchev–Trinajstić information content (AvgIpc) is 2.54. The fourth-order valence-electron chi connectivity index (χ4n) is 2.18. The molecule has 22 heavy (non-hydrogen) atoms. The van der Waals surface area contributed by atoms with E-state index in [4.69, 9.17) is 10.6 Å². The van der Waals surface area contributed by atoms with Gasteiger partial charge in [-0.25, -0.2) is 10.5 Å². The van der Waals surface area contributed by atoms with Crippen LogP contribution in [0.2, 0.25) is 0 Å². The summed E-state index contributed by atoms with van der Waals surface area (Å²) in [7, 11) is 1.60. The number of hydrazine groups is 1. The number of benzene rings is 1. The summed E-state index contributed by atoms with van der Waals surface area (Å²) in [5, 5.41) is 4.28. The van der Waals surface area contributed by atoms with Crippen molar-refractivity contribution in [1.82, 2.24) is 15.2 Å². The largest absolute Gasteiger partial charge is 0.496 e. The SMILES string of the molecule is CCn1nc(-c2ccc(OC)c(C)c2)cc(C(=O)NN)c1=O. The van der Waals surface area contributed by atoms with Crippen molar-refractivity contribution < 1.29 is 9.53 Å². The number of aryl methyl sites for hydroxylation is 2. The number of nitrogens with one attached hydrogen (secondary N) is 1. The first-order valence-corrected chi connectivity index (χ1v) is 6.80. The number of nitrogens with two attached hydrogens (primary N) is 1. The summed E-state index contributed by atoms with van der Waals surface area (Å²) < 4.78 is 6.46. The highest BCUT2D eigenvalue weighted by molar-refractivity contribution is 5.94. The van der Waals surface area contributed by atoms with Crippen molar-refractivity contribution in [3.63, 3.8) is 0 Å². The summed E-state index contributed by atoms with van der Waals surface area (Å²) in [6.45, 7) is 4.04. The van der Waals surface area contributed by atoms with Gasteiger partial charge in [-0.2, -0.15) is 5.10 Å². The van der Waals surface area contributed by atoms with Crippen molar-refractivity contribution in [1.29, 1.82) is 0 Å². The third-order valence-corrected chi connectivity index (χ3v) is 3.34. The zero-order valence-corrected chi connectivity index (χ0v) is 12.7. The van der Waals surface area contributed by atoms with Crippen LogP contribution in [0.1, 0.15) is 22.8 Å². The Bertz CT molecular complexity index is 768. The second-order valence-electron chi connectivity index (χ2n) is 4.72. The third kappa shape index (κ3) is 2.84. The number of nitrogens with zero attached hydrogens (tertiary/aromatic N) is 2. The number of methoxy groups -OCH3 is 1. The maximum Gasteiger partial charge on any atom is 0.279 e. The van der Waals surface area contributed by atoms with Crippen molar-refractivity contribution >= 4 is 5.91 Å². The number of hydrogen-bond acceptors (Lipinski definition) is 5. The monoisotopic (exact) mass is 302 g/mol. The number of hydrogen-bond donors (Lipinski definition) is 2. The molecule has 0 fully saturated rings. The molecule has 2 aromatic rings. The molecule has 0 spiro atoms. The molecule has 0 bridgehead atoms. The number of amides is 1. The van der Waals surface area contributed by atoms with Crippen LogP contribution in [0.15, 0.2) is 29.1 Å². The van der Waals surface area contributed by atoms with Crippen LogP contribution in [0.4, 0.5) is 0 Å². The lowest BCUT2D eigenvalue weighted by atomic mass is 10.1. The molecular weight excluding hydrogens is 284 g/mol. The van der Waals surface area contributed by atoms with E-state index in [9.17, 15) is 9.59 Å². The smallest absolute Gasteiger partial charge is 0.279 e. The molecule has 3 N–H and O–H groups in total. The first kappa shape index (κ1) is 15.7. The van der Waals surface area contributed by atoms with E-state index in [-0.39, 0.29) is 5.56 Å². The van der Waals surface area contributed by atoms with Gasteiger partial charge in [0.05, 0.1) is 12.8 Å². The summed E-state index contributed by atoms with van der Waals surface area (Å²) in [6, 6.07) is 6.97. The second kappa shape index (κ2) is 6.40. The molecule has 0 atom stereocenters. The molecule has 0 aliphatic heterocycles. The summed E-state index contributed by atoms with van der Waals surface area (Å²) in [5.41, 5.74) is 3.70. The highest BCUT2D eigenvalue weighted by Gasteiger charge is 2.15. The molecule has 2 rings (SSSR count). The summed E-state index contributed by atoms with van der Waals surface area (Å²) >= 11 is 0. The Morgan fingerprint density at radius 3 is 2.68 bits per heavy atom. The van der Waals surface area contributed by atoms with Crippen LogP contribution >= 0.6 is 0 Å². The highest BCUT2D eigenvalue weighted by atomic mass is 16.5. The van der Waals surface area contributed by atoms with Crippen LogP contribution in [-0.2, 0) is 6.54 Å². The van der Waals surface area contributed by atoms with Crippen LogP contribution in [0.5, 0.6) is 5.75 Å². The minimum Gasteiger partial charge on any atom is -0.496 e. The predicted octanol–water partition coefficient (Wildman–Crippen LogP) is 0.851. The van der Waals surface area contributed by atoms with Gasteiger partial charge in [0.1, 0.15) is 11.3 Å². The van der Waals surface area contributed by atoms with Crippen LogP contribution < -0.4 is 21.6 Å². The van der Waals surface area contributed by atoms with Crippen molar-refractivity contribution in [3.8, 4) is 17.0 Å².